The van der Waals surface area contributed by atoms with Crippen LogP contribution in [0.2, 0.25) is 10.0 Å². The van der Waals surface area contributed by atoms with E-state index in [0.717, 1.165) is 4.31 Å². The average molecular weight is 323 g/mol. The summed E-state index contributed by atoms with van der Waals surface area (Å²) in [6.07, 6.45) is 1.03. The molecule has 1 fully saturated rings. The Morgan fingerprint density at radius 3 is 2.37 bits per heavy atom. The van der Waals surface area contributed by atoms with E-state index in [2.05, 4.69) is 0 Å². The fourth-order valence-electron chi connectivity index (χ4n) is 2.13. The number of rotatable bonds is 3. The molecule has 1 amide bonds. The van der Waals surface area contributed by atoms with Gasteiger partial charge in [-0.15, -0.1) is 0 Å². The first-order chi connectivity index (χ1) is 8.82. The molecule has 1 saturated heterocycles. The summed E-state index contributed by atoms with van der Waals surface area (Å²) in [4.78, 5) is 11.3. The normalized spacial score (nSPS) is 20.6. The first kappa shape index (κ1) is 14.6. The van der Waals surface area contributed by atoms with Gasteiger partial charge in [0.15, 0.2) is 0 Å². The minimum absolute atomic E-state index is 0.0295. The van der Waals surface area contributed by atoms with Gasteiger partial charge >= 0.3 is 0 Å². The molecule has 5 nitrogen and oxygen atoms in total. The smallest absolute Gasteiger partial charge is 0.243 e. The lowest BCUT2D eigenvalue weighted by Crippen LogP contribution is -2.43. The first-order valence-corrected chi connectivity index (χ1v) is 7.79. The predicted molar refractivity (Wildman–Crippen MR) is 72.6 cm³/mol. The maximum Gasteiger partial charge on any atom is 0.243 e. The van der Waals surface area contributed by atoms with Gasteiger partial charge in [0.05, 0.1) is 4.90 Å². The molecule has 0 aromatic heterocycles. The van der Waals surface area contributed by atoms with Crippen LogP contribution < -0.4 is 5.73 Å². The Labute approximate surface area is 121 Å². The third-order valence-electron chi connectivity index (χ3n) is 2.97. The van der Waals surface area contributed by atoms with Gasteiger partial charge in [-0.2, -0.15) is 4.31 Å². The number of nitrogens with zero attached hydrogens (tertiary/aromatic N) is 1. The zero-order chi connectivity index (χ0) is 14.2. The van der Waals surface area contributed by atoms with Crippen LogP contribution in [0.3, 0.4) is 0 Å². The fraction of sp³-hybridized carbons (Fsp3) is 0.364. The van der Waals surface area contributed by atoms with Gasteiger partial charge in [0.1, 0.15) is 6.04 Å². The third-order valence-corrected chi connectivity index (χ3v) is 5.30. The van der Waals surface area contributed by atoms with E-state index in [9.17, 15) is 13.2 Å². The van der Waals surface area contributed by atoms with Gasteiger partial charge in [0, 0.05) is 16.6 Å². The molecular weight excluding hydrogens is 311 g/mol. The minimum Gasteiger partial charge on any atom is -0.368 e. The summed E-state index contributed by atoms with van der Waals surface area (Å²) in [5, 5.41) is 0.446. The van der Waals surface area contributed by atoms with E-state index >= 15 is 0 Å². The fourth-order valence-corrected chi connectivity index (χ4v) is 4.52. The van der Waals surface area contributed by atoms with Crippen LogP contribution in [0.1, 0.15) is 12.8 Å². The van der Waals surface area contributed by atoms with Crippen molar-refractivity contribution < 1.29 is 13.2 Å². The average Bonchev–Trinajstić information content (AvgIpc) is 2.76. The zero-order valence-corrected chi connectivity index (χ0v) is 12.2. The molecule has 0 unspecified atom stereocenters. The molecule has 19 heavy (non-hydrogen) atoms. The Morgan fingerprint density at radius 2 is 1.84 bits per heavy atom. The highest BCUT2D eigenvalue weighted by Crippen LogP contribution is 2.29. The molecule has 1 aromatic rings. The Hall–Kier alpha value is -0.820. The molecule has 2 N–H and O–H groups in total. The van der Waals surface area contributed by atoms with Crippen molar-refractivity contribution in [2.24, 2.45) is 5.73 Å². The third kappa shape index (κ3) is 2.86. The lowest BCUT2D eigenvalue weighted by atomic mass is 10.2. The van der Waals surface area contributed by atoms with Gasteiger partial charge in [-0.1, -0.05) is 23.2 Å². The van der Waals surface area contributed by atoms with Crippen molar-refractivity contribution in [1.82, 2.24) is 4.31 Å². The quantitative estimate of drug-likeness (QED) is 0.918. The molecule has 0 radical (unpaired) electrons. The van der Waals surface area contributed by atoms with Gasteiger partial charge in [-0.3, -0.25) is 4.79 Å². The zero-order valence-electron chi connectivity index (χ0n) is 9.84. The van der Waals surface area contributed by atoms with Crippen LogP contribution in [-0.2, 0) is 14.8 Å². The Morgan fingerprint density at radius 1 is 1.26 bits per heavy atom. The van der Waals surface area contributed by atoms with Crippen molar-refractivity contribution in [3.63, 3.8) is 0 Å². The highest BCUT2D eigenvalue weighted by molar-refractivity contribution is 7.89. The van der Waals surface area contributed by atoms with Crippen LogP contribution in [0.4, 0.5) is 0 Å². The molecular formula is C11H12Cl2N2O3S. The molecule has 0 bridgehead atoms. The molecule has 1 aliphatic heterocycles. The largest absolute Gasteiger partial charge is 0.368 e. The molecule has 2 rings (SSSR count). The van der Waals surface area contributed by atoms with E-state index in [1.54, 1.807) is 0 Å². The van der Waals surface area contributed by atoms with Crippen molar-refractivity contribution in [2.75, 3.05) is 6.54 Å². The summed E-state index contributed by atoms with van der Waals surface area (Å²) < 4.78 is 26.0. The maximum absolute atomic E-state index is 12.5. The Balaban J connectivity index is 2.44. The maximum atomic E-state index is 12.5. The number of carbonyl (C=O) groups excluding carboxylic acids is 1. The van der Waals surface area contributed by atoms with Crippen molar-refractivity contribution in [1.29, 1.82) is 0 Å². The monoisotopic (exact) mass is 322 g/mol. The number of carbonyl (C=O) groups is 1. The predicted octanol–water partition coefficient (Wildman–Crippen LogP) is 1.63. The van der Waals surface area contributed by atoms with Gasteiger partial charge < -0.3 is 5.73 Å². The molecule has 1 heterocycles. The van der Waals surface area contributed by atoms with Gasteiger partial charge in [0.25, 0.3) is 0 Å². The number of primary amides is 1. The van der Waals surface area contributed by atoms with E-state index in [1.807, 2.05) is 0 Å². The van der Waals surface area contributed by atoms with E-state index in [0.29, 0.717) is 12.8 Å². The summed E-state index contributed by atoms with van der Waals surface area (Å²) in [6, 6.07) is 3.25. The Bertz CT molecular complexity index is 598. The number of hydrogen-bond acceptors (Lipinski definition) is 3. The van der Waals surface area contributed by atoms with Crippen molar-refractivity contribution in [3.05, 3.63) is 28.2 Å². The van der Waals surface area contributed by atoms with Crippen LogP contribution in [0.15, 0.2) is 23.1 Å². The van der Waals surface area contributed by atoms with Gasteiger partial charge in [0.2, 0.25) is 15.9 Å². The highest BCUT2D eigenvalue weighted by Gasteiger charge is 2.38. The van der Waals surface area contributed by atoms with Gasteiger partial charge in [-0.25, -0.2) is 8.42 Å². The molecule has 0 saturated carbocycles. The number of amides is 1. The molecule has 8 heteroatoms. The standard InChI is InChI=1S/C11H12Cl2N2O3S/c12-7-4-8(13)6-9(5-7)19(17,18)15-3-1-2-10(15)11(14)16/h4-6,10H,1-3H2,(H2,14,16)/t10-/m1/s1. The Kier molecular flexibility index (Phi) is 4.06. The molecule has 0 spiro atoms. The van der Waals surface area contributed by atoms with Crippen LogP contribution in [0.25, 0.3) is 0 Å². The summed E-state index contributed by atoms with van der Waals surface area (Å²) in [5.74, 6) is -0.644. The van der Waals surface area contributed by atoms with E-state index in [4.69, 9.17) is 28.9 Å². The second-order valence-corrected chi connectivity index (χ2v) is 7.04. The minimum atomic E-state index is -3.81. The lowest BCUT2D eigenvalue weighted by molar-refractivity contribution is -0.121. The van der Waals surface area contributed by atoms with E-state index < -0.39 is 22.0 Å². The second kappa shape index (κ2) is 5.28. The number of halogens is 2. The summed E-state index contributed by atoms with van der Waals surface area (Å²) in [7, 11) is -3.81. The second-order valence-electron chi connectivity index (χ2n) is 4.28. The van der Waals surface area contributed by atoms with Crippen molar-refractivity contribution in [2.45, 2.75) is 23.8 Å². The van der Waals surface area contributed by atoms with Crippen LogP contribution in [0.5, 0.6) is 0 Å². The van der Waals surface area contributed by atoms with E-state index in [-0.39, 0.29) is 21.5 Å². The summed E-state index contributed by atoms with van der Waals surface area (Å²) >= 11 is 11.6. The number of sulfonamides is 1. The number of hydrogen-bond donors (Lipinski definition) is 1. The van der Waals surface area contributed by atoms with E-state index in [1.165, 1.54) is 18.2 Å². The van der Waals surface area contributed by atoms with Crippen molar-refractivity contribution in [3.8, 4) is 0 Å². The summed E-state index contributed by atoms with van der Waals surface area (Å²) in [6.45, 7) is 0.264. The van der Waals surface area contributed by atoms with Gasteiger partial charge in [-0.05, 0) is 31.0 Å². The molecule has 104 valence electrons. The molecule has 0 aliphatic carbocycles. The van der Waals surface area contributed by atoms with Crippen LogP contribution in [-0.4, -0.2) is 31.2 Å². The number of nitrogens with two attached hydrogens (primary N) is 1. The van der Waals surface area contributed by atoms with Crippen molar-refractivity contribution >= 4 is 39.1 Å². The highest BCUT2D eigenvalue weighted by atomic mass is 35.5. The SMILES string of the molecule is NC(=O)[C@H]1CCCN1S(=O)(=O)c1cc(Cl)cc(Cl)c1. The summed E-state index contributed by atoms with van der Waals surface area (Å²) in [5.41, 5.74) is 5.23. The van der Waals surface area contributed by atoms with Crippen LogP contribution >= 0.6 is 23.2 Å². The molecule has 1 atom stereocenters. The molecule has 1 aliphatic rings. The van der Waals surface area contributed by atoms with Crippen LogP contribution in [0, 0.1) is 0 Å². The lowest BCUT2D eigenvalue weighted by Gasteiger charge is -2.21. The number of benzene rings is 1. The molecule has 1 aromatic carbocycles. The topological polar surface area (TPSA) is 80.5 Å². The first-order valence-electron chi connectivity index (χ1n) is 5.59.